The van der Waals surface area contributed by atoms with Gasteiger partial charge in [0, 0.05) is 18.4 Å². The molecule has 3 amide bonds. The molecule has 3 N–H and O–H groups in total. The van der Waals surface area contributed by atoms with Crippen LogP contribution in [0.3, 0.4) is 0 Å². The van der Waals surface area contributed by atoms with Crippen LogP contribution in [0.25, 0.3) is 0 Å². The molecule has 3 rings (SSSR count). The molecule has 8 heteroatoms. The third kappa shape index (κ3) is 5.29. The Hall–Kier alpha value is -3.94. The van der Waals surface area contributed by atoms with E-state index in [-0.39, 0.29) is 5.56 Å². The first-order chi connectivity index (χ1) is 13.9. The molecule has 0 spiro atoms. The molecule has 3 aromatic rings. The zero-order valence-electron chi connectivity index (χ0n) is 15.3. The molecule has 29 heavy (non-hydrogen) atoms. The summed E-state index contributed by atoms with van der Waals surface area (Å²) in [5, 5.41) is 7.57. The lowest BCUT2D eigenvalue weighted by Gasteiger charge is -2.10. The quantitative estimate of drug-likeness (QED) is 0.581. The third-order valence-corrected chi connectivity index (χ3v) is 3.86. The first kappa shape index (κ1) is 19.8. The highest BCUT2D eigenvalue weighted by Gasteiger charge is 2.12. The van der Waals surface area contributed by atoms with Crippen molar-refractivity contribution in [2.75, 3.05) is 17.7 Å². The van der Waals surface area contributed by atoms with E-state index < -0.39 is 23.6 Å². The largest absolute Gasteiger partial charge is 0.457 e. The summed E-state index contributed by atoms with van der Waals surface area (Å²) in [7, 11) is 1.41. The number of nitrogens with one attached hydrogen (secondary N) is 3. The molecule has 0 radical (unpaired) electrons. The highest BCUT2D eigenvalue weighted by Crippen LogP contribution is 2.25. The second-order valence-corrected chi connectivity index (χ2v) is 5.93. The monoisotopic (exact) mass is 397 g/mol. The average molecular weight is 397 g/mol. The molecule has 0 aliphatic carbocycles. The predicted molar refractivity (Wildman–Crippen MR) is 105 cm³/mol. The van der Waals surface area contributed by atoms with E-state index in [4.69, 9.17) is 4.74 Å². The summed E-state index contributed by atoms with van der Waals surface area (Å²) in [6.07, 6.45) is 0. The first-order valence-electron chi connectivity index (χ1n) is 8.58. The van der Waals surface area contributed by atoms with Gasteiger partial charge < -0.3 is 20.7 Å². The van der Waals surface area contributed by atoms with Gasteiger partial charge in [0.1, 0.15) is 23.1 Å². The van der Waals surface area contributed by atoms with Crippen molar-refractivity contribution < 1.29 is 23.1 Å². The van der Waals surface area contributed by atoms with E-state index >= 15 is 0 Å². The molecule has 0 heterocycles. The van der Waals surface area contributed by atoms with Gasteiger partial charge in [0.15, 0.2) is 0 Å². The van der Waals surface area contributed by atoms with E-state index in [2.05, 4.69) is 16.0 Å². The smallest absolute Gasteiger partial charge is 0.323 e. The highest BCUT2D eigenvalue weighted by molar-refractivity contribution is 5.99. The van der Waals surface area contributed by atoms with Gasteiger partial charge in [-0.05, 0) is 66.7 Å². The zero-order valence-corrected chi connectivity index (χ0v) is 15.3. The Bertz CT molecular complexity index is 1020. The molecule has 0 fully saturated rings. The summed E-state index contributed by atoms with van der Waals surface area (Å²) in [5.41, 5.74) is 0.829. The minimum atomic E-state index is -0.650. The molecule has 0 saturated heterocycles. The number of amides is 3. The van der Waals surface area contributed by atoms with Crippen molar-refractivity contribution in [2.24, 2.45) is 0 Å². The van der Waals surface area contributed by atoms with Crippen molar-refractivity contribution in [3.05, 3.63) is 83.9 Å². The predicted octanol–water partition coefficient (Wildman–Crippen LogP) is 4.76. The van der Waals surface area contributed by atoms with Gasteiger partial charge in [-0.15, -0.1) is 0 Å². The molecule has 148 valence electrons. The van der Waals surface area contributed by atoms with E-state index in [9.17, 15) is 18.4 Å². The summed E-state index contributed by atoms with van der Waals surface area (Å²) < 4.78 is 32.2. The van der Waals surface area contributed by atoms with Crippen LogP contribution in [0, 0.1) is 11.6 Å². The number of carbonyl (C=O) groups excluding carboxylic acids is 2. The van der Waals surface area contributed by atoms with Gasteiger partial charge in [-0.1, -0.05) is 0 Å². The fourth-order valence-electron chi connectivity index (χ4n) is 2.45. The normalized spacial score (nSPS) is 10.2. The number of carbonyl (C=O) groups is 2. The van der Waals surface area contributed by atoms with Gasteiger partial charge in [0.05, 0.1) is 5.56 Å². The molecular formula is C21H17F2N3O3. The summed E-state index contributed by atoms with van der Waals surface area (Å²) in [6.45, 7) is 0. The van der Waals surface area contributed by atoms with E-state index in [1.54, 1.807) is 24.3 Å². The Labute approximate surface area is 165 Å². The Balaban J connectivity index is 1.62. The minimum Gasteiger partial charge on any atom is -0.457 e. The van der Waals surface area contributed by atoms with Gasteiger partial charge in [-0.25, -0.2) is 13.6 Å². The maximum absolute atomic E-state index is 13.7. The van der Waals surface area contributed by atoms with E-state index in [0.717, 1.165) is 6.07 Å². The fraction of sp³-hybridized carbons (Fsp3) is 0.0476. The Morgan fingerprint density at radius 2 is 1.34 bits per heavy atom. The highest BCUT2D eigenvalue weighted by atomic mass is 19.1. The molecule has 3 aromatic carbocycles. The van der Waals surface area contributed by atoms with Crippen molar-refractivity contribution in [1.29, 1.82) is 0 Å². The Morgan fingerprint density at radius 3 is 1.93 bits per heavy atom. The lowest BCUT2D eigenvalue weighted by molar-refractivity contribution is 0.0958. The number of benzene rings is 3. The topological polar surface area (TPSA) is 79.5 Å². The lowest BCUT2D eigenvalue weighted by Crippen LogP contribution is -2.19. The van der Waals surface area contributed by atoms with Crippen LogP contribution in [0.1, 0.15) is 10.4 Å². The molecule has 0 aromatic heterocycles. The van der Waals surface area contributed by atoms with E-state index in [1.165, 1.54) is 43.4 Å². The maximum Gasteiger partial charge on any atom is 0.323 e. The summed E-state index contributed by atoms with van der Waals surface area (Å²) in [6, 6.07) is 15.2. The second kappa shape index (κ2) is 8.83. The van der Waals surface area contributed by atoms with Crippen molar-refractivity contribution in [3.8, 4) is 11.5 Å². The van der Waals surface area contributed by atoms with Gasteiger partial charge in [0.2, 0.25) is 0 Å². The van der Waals surface area contributed by atoms with Crippen molar-refractivity contribution in [1.82, 2.24) is 5.32 Å². The lowest BCUT2D eigenvalue weighted by atomic mass is 10.2. The number of ether oxygens (including phenoxy) is 1. The number of urea groups is 1. The first-order valence-corrected chi connectivity index (χ1v) is 8.58. The fourth-order valence-corrected chi connectivity index (χ4v) is 2.45. The van der Waals surface area contributed by atoms with Crippen LogP contribution in [-0.4, -0.2) is 19.0 Å². The molecule has 0 unspecified atom stereocenters. The number of anilines is 2. The van der Waals surface area contributed by atoms with Crippen LogP contribution in [0.2, 0.25) is 0 Å². The molecule has 0 saturated carbocycles. The van der Waals surface area contributed by atoms with Gasteiger partial charge in [-0.2, -0.15) is 0 Å². The second-order valence-electron chi connectivity index (χ2n) is 5.93. The van der Waals surface area contributed by atoms with Crippen molar-refractivity contribution in [2.45, 2.75) is 0 Å². The average Bonchev–Trinajstić information content (AvgIpc) is 2.72. The van der Waals surface area contributed by atoms with E-state index in [0.29, 0.717) is 22.9 Å². The zero-order chi connectivity index (χ0) is 20.8. The molecule has 6 nitrogen and oxygen atoms in total. The minimum absolute atomic E-state index is 0.124. The molecular weight excluding hydrogens is 380 g/mol. The van der Waals surface area contributed by atoms with Crippen LogP contribution in [0.5, 0.6) is 11.5 Å². The summed E-state index contributed by atoms with van der Waals surface area (Å²) >= 11 is 0. The summed E-state index contributed by atoms with van der Waals surface area (Å²) in [4.78, 5) is 23.6. The third-order valence-electron chi connectivity index (χ3n) is 3.86. The number of halogens is 2. The van der Waals surface area contributed by atoms with E-state index in [1.807, 2.05) is 0 Å². The van der Waals surface area contributed by atoms with Crippen LogP contribution in [0.15, 0.2) is 66.7 Å². The SMILES string of the molecule is CNC(=O)c1cc(Oc2ccc(NC(=O)Nc3ccc(F)cc3)cc2)ccc1F. The molecule has 0 atom stereocenters. The Kier molecular flexibility index (Phi) is 6.03. The number of hydrogen-bond acceptors (Lipinski definition) is 3. The summed E-state index contributed by atoms with van der Waals surface area (Å²) in [5.74, 6) is -0.873. The van der Waals surface area contributed by atoms with Crippen LogP contribution in [-0.2, 0) is 0 Å². The van der Waals surface area contributed by atoms with Gasteiger partial charge in [-0.3, -0.25) is 4.79 Å². The molecule has 0 bridgehead atoms. The van der Waals surface area contributed by atoms with Crippen LogP contribution >= 0.6 is 0 Å². The number of hydrogen-bond donors (Lipinski definition) is 3. The van der Waals surface area contributed by atoms with Gasteiger partial charge in [0.25, 0.3) is 5.91 Å². The number of rotatable bonds is 5. The molecule has 0 aliphatic rings. The van der Waals surface area contributed by atoms with Gasteiger partial charge >= 0.3 is 6.03 Å². The van der Waals surface area contributed by atoms with Crippen molar-refractivity contribution >= 4 is 23.3 Å². The van der Waals surface area contributed by atoms with Crippen molar-refractivity contribution in [3.63, 3.8) is 0 Å². The standard InChI is InChI=1S/C21H17F2N3O3/c1-24-20(27)18-12-17(10-11-19(18)23)29-16-8-6-15(7-9-16)26-21(28)25-14-4-2-13(22)3-5-14/h2-12H,1H3,(H,24,27)(H2,25,26,28). The Morgan fingerprint density at radius 1 is 0.793 bits per heavy atom. The molecule has 0 aliphatic heterocycles. The van der Waals surface area contributed by atoms with Crippen LogP contribution in [0.4, 0.5) is 25.0 Å². The maximum atomic E-state index is 13.7. The van der Waals surface area contributed by atoms with Crippen LogP contribution < -0.4 is 20.7 Å².